The summed E-state index contributed by atoms with van der Waals surface area (Å²) in [5.41, 5.74) is 2.54. The molecular formula is C19H19ClN4OS. The standard InChI is InChI=1S/C19H19ClN4OS/c1-2-3-7-26-19-22-18-21-16-9-13(12-5-4-6-14(20)8-12)10-17(25)15(16)11-24(18)23-19/h4-6,8,11,13H,2-3,7,9-10H2,1H3/t13-/m1/s1. The summed E-state index contributed by atoms with van der Waals surface area (Å²) in [4.78, 5) is 21.8. The molecule has 0 aliphatic heterocycles. The highest BCUT2D eigenvalue weighted by Crippen LogP contribution is 2.33. The quantitative estimate of drug-likeness (QED) is 0.474. The van der Waals surface area contributed by atoms with E-state index in [9.17, 15) is 4.79 Å². The van der Waals surface area contributed by atoms with Crippen LogP contribution in [0.2, 0.25) is 5.02 Å². The molecular weight excluding hydrogens is 368 g/mol. The topological polar surface area (TPSA) is 60.1 Å². The molecule has 1 aromatic carbocycles. The van der Waals surface area contributed by atoms with Crippen LogP contribution in [0.1, 0.15) is 53.7 Å². The molecule has 26 heavy (non-hydrogen) atoms. The maximum absolute atomic E-state index is 12.7. The number of halogens is 1. The molecule has 3 aromatic rings. The molecule has 0 saturated carbocycles. The van der Waals surface area contributed by atoms with Crippen molar-refractivity contribution in [2.75, 3.05) is 5.75 Å². The predicted molar refractivity (Wildman–Crippen MR) is 103 cm³/mol. The smallest absolute Gasteiger partial charge is 0.253 e. The largest absolute Gasteiger partial charge is 0.294 e. The molecule has 2 heterocycles. The van der Waals surface area contributed by atoms with Gasteiger partial charge in [-0.25, -0.2) is 9.50 Å². The molecule has 0 amide bonds. The van der Waals surface area contributed by atoms with Gasteiger partial charge < -0.3 is 0 Å². The van der Waals surface area contributed by atoms with Gasteiger partial charge in [0.25, 0.3) is 5.78 Å². The number of aromatic nitrogens is 4. The minimum absolute atomic E-state index is 0.0984. The monoisotopic (exact) mass is 386 g/mol. The van der Waals surface area contributed by atoms with E-state index in [-0.39, 0.29) is 11.7 Å². The number of rotatable bonds is 5. The Balaban J connectivity index is 1.64. The Hall–Kier alpha value is -1.92. The second-order valence-electron chi connectivity index (χ2n) is 6.53. The number of carbonyl (C=O) groups is 1. The lowest BCUT2D eigenvalue weighted by Crippen LogP contribution is -2.21. The predicted octanol–water partition coefficient (Wildman–Crippen LogP) is 4.58. The van der Waals surface area contributed by atoms with Gasteiger partial charge in [-0.15, -0.1) is 5.10 Å². The molecule has 0 unspecified atom stereocenters. The van der Waals surface area contributed by atoms with Crippen LogP contribution in [0.15, 0.2) is 35.6 Å². The fourth-order valence-corrected chi connectivity index (χ4v) is 4.34. The Kier molecular flexibility index (Phi) is 4.96. The number of hydrogen-bond donors (Lipinski definition) is 0. The van der Waals surface area contributed by atoms with Gasteiger partial charge in [-0.05, 0) is 36.5 Å². The summed E-state index contributed by atoms with van der Waals surface area (Å²) < 4.78 is 1.63. The first-order valence-corrected chi connectivity index (χ1v) is 10.2. The maximum Gasteiger partial charge on any atom is 0.253 e. The zero-order valence-electron chi connectivity index (χ0n) is 14.5. The molecule has 0 bridgehead atoms. The molecule has 5 nitrogen and oxygen atoms in total. The van der Waals surface area contributed by atoms with Crippen molar-refractivity contribution in [2.24, 2.45) is 0 Å². The summed E-state index contributed by atoms with van der Waals surface area (Å²) in [6.07, 6.45) is 5.23. The number of fused-ring (bicyclic) bond motifs is 2. The molecule has 1 aliphatic carbocycles. The van der Waals surface area contributed by atoms with E-state index in [1.807, 2.05) is 24.3 Å². The van der Waals surface area contributed by atoms with E-state index in [0.29, 0.717) is 34.4 Å². The van der Waals surface area contributed by atoms with E-state index < -0.39 is 0 Å². The van der Waals surface area contributed by atoms with E-state index in [2.05, 4.69) is 22.0 Å². The summed E-state index contributed by atoms with van der Waals surface area (Å²) in [6.45, 7) is 2.16. The number of thioether (sulfide) groups is 1. The average molecular weight is 387 g/mol. The fraction of sp³-hybridized carbons (Fsp3) is 0.368. The SMILES string of the molecule is CCCCSc1nc2nc3c(cn2n1)C(=O)C[C@H](c1cccc(Cl)c1)C3. The van der Waals surface area contributed by atoms with Crippen molar-refractivity contribution in [1.29, 1.82) is 0 Å². The van der Waals surface area contributed by atoms with Gasteiger partial charge in [0.05, 0.1) is 11.3 Å². The molecule has 0 radical (unpaired) electrons. The zero-order valence-corrected chi connectivity index (χ0v) is 16.1. The van der Waals surface area contributed by atoms with E-state index in [1.54, 1.807) is 22.5 Å². The number of unbranched alkanes of at least 4 members (excludes halogenated alkanes) is 1. The molecule has 0 saturated heterocycles. The van der Waals surface area contributed by atoms with Gasteiger partial charge in [0.1, 0.15) is 0 Å². The lowest BCUT2D eigenvalue weighted by Gasteiger charge is -2.23. The molecule has 1 aliphatic rings. The second kappa shape index (κ2) is 7.37. The maximum atomic E-state index is 12.7. The van der Waals surface area contributed by atoms with Crippen LogP contribution >= 0.6 is 23.4 Å². The van der Waals surface area contributed by atoms with Crippen molar-refractivity contribution < 1.29 is 4.79 Å². The van der Waals surface area contributed by atoms with Crippen molar-refractivity contribution in [2.45, 2.75) is 43.7 Å². The Morgan fingerprint density at radius 1 is 1.31 bits per heavy atom. The molecule has 2 aromatic heterocycles. The molecule has 1 atom stereocenters. The summed E-state index contributed by atoms with van der Waals surface area (Å²) >= 11 is 7.74. The molecule has 4 rings (SSSR count). The lowest BCUT2D eigenvalue weighted by atomic mass is 9.82. The molecule has 134 valence electrons. The first-order valence-electron chi connectivity index (χ1n) is 8.82. The number of nitrogens with zero attached hydrogens (tertiary/aromatic N) is 4. The van der Waals surface area contributed by atoms with Crippen LogP contribution in [0.3, 0.4) is 0 Å². The fourth-order valence-electron chi connectivity index (χ4n) is 3.23. The Morgan fingerprint density at radius 2 is 2.19 bits per heavy atom. The van der Waals surface area contributed by atoms with E-state index >= 15 is 0 Å². The Bertz CT molecular complexity index is 971. The number of Topliss-reactive ketones (excluding diaryl/α,β-unsaturated/α-hetero) is 1. The van der Waals surface area contributed by atoms with Gasteiger partial charge in [0.2, 0.25) is 5.16 Å². The van der Waals surface area contributed by atoms with Gasteiger partial charge >= 0.3 is 0 Å². The van der Waals surface area contributed by atoms with Crippen molar-refractivity contribution in [3.63, 3.8) is 0 Å². The van der Waals surface area contributed by atoms with Gasteiger partial charge in [0.15, 0.2) is 5.78 Å². The van der Waals surface area contributed by atoms with Crippen LogP contribution in [0.5, 0.6) is 0 Å². The normalized spacial score (nSPS) is 16.8. The van der Waals surface area contributed by atoms with Crippen LogP contribution in [0.25, 0.3) is 5.78 Å². The number of benzene rings is 1. The van der Waals surface area contributed by atoms with Gasteiger partial charge in [-0.2, -0.15) is 4.98 Å². The molecule has 0 fully saturated rings. The highest BCUT2D eigenvalue weighted by molar-refractivity contribution is 7.99. The summed E-state index contributed by atoms with van der Waals surface area (Å²) in [5.74, 6) is 1.75. The number of hydrogen-bond acceptors (Lipinski definition) is 5. The number of carbonyl (C=O) groups excluding carboxylic acids is 1. The van der Waals surface area contributed by atoms with E-state index in [0.717, 1.165) is 29.9 Å². The highest BCUT2D eigenvalue weighted by Gasteiger charge is 2.28. The molecule has 0 spiro atoms. The third kappa shape index (κ3) is 3.48. The van der Waals surface area contributed by atoms with Crippen molar-refractivity contribution in [3.8, 4) is 0 Å². The summed E-state index contributed by atoms with van der Waals surface area (Å²) in [5, 5.41) is 5.86. The van der Waals surface area contributed by atoms with Gasteiger partial charge in [-0.3, -0.25) is 4.79 Å². The van der Waals surface area contributed by atoms with E-state index in [4.69, 9.17) is 11.6 Å². The van der Waals surface area contributed by atoms with E-state index in [1.165, 1.54) is 0 Å². The van der Waals surface area contributed by atoms with Crippen LogP contribution in [-0.2, 0) is 6.42 Å². The van der Waals surface area contributed by atoms with Gasteiger partial charge in [-0.1, -0.05) is 48.8 Å². The first-order chi connectivity index (χ1) is 12.6. The zero-order chi connectivity index (χ0) is 18.1. The summed E-state index contributed by atoms with van der Waals surface area (Å²) in [6, 6.07) is 7.72. The van der Waals surface area contributed by atoms with Gasteiger partial charge in [0, 0.05) is 23.4 Å². The average Bonchev–Trinajstić information content (AvgIpc) is 3.02. The van der Waals surface area contributed by atoms with Crippen LogP contribution < -0.4 is 0 Å². The van der Waals surface area contributed by atoms with Crippen molar-refractivity contribution in [3.05, 3.63) is 52.3 Å². The minimum Gasteiger partial charge on any atom is -0.294 e. The second-order valence-corrected chi connectivity index (χ2v) is 8.02. The highest BCUT2D eigenvalue weighted by atomic mass is 35.5. The lowest BCUT2D eigenvalue weighted by molar-refractivity contribution is 0.0962. The third-order valence-electron chi connectivity index (χ3n) is 4.61. The molecule has 7 heteroatoms. The number of ketones is 1. The Morgan fingerprint density at radius 3 is 3.00 bits per heavy atom. The third-order valence-corrected chi connectivity index (χ3v) is 5.77. The first kappa shape index (κ1) is 17.5. The summed E-state index contributed by atoms with van der Waals surface area (Å²) in [7, 11) is 0. The minimum atomic E-state index is 0.0984. The Labute approximate surface area is 161 Å². The van der Waals surface area contributed by atoms with Crippen LogP contribution in [0, 0.1) is 0 Å². The molecule has 0 N–H and O–H groups in total. The van der Waals surface area contributed by atoms with Crippen LogP contribution in [-0.4, -0.2) is 31.1 Å². The van der Waals surface area contributed by atoms with Crippen molar-refractivity contribution in [1.82, 2.24) is 19.6 Å². The van der Waals surface area contributed by atoms with Crippen molar-refractivity contribution >= 4 is 34.9 Å². The van der Waals surface area contributed by atoms with Crippen LogP contribution in [0.4, 0.5) is 0 Å².